The molecule has 1 aromatic heterocycles. The van der Waals surface area contributed by atoms with Crippen LogP contribution in [0.3, 0.4) is 0 Å². The Labute approximate surface area is 115 Å². The molecule has 1 saturated heterocycles. The first-order chi connectivity index (χ1) is 9.38. The van der Waals surface area contributed by atoms with Gasteiger partial charge in [0.2, 0.25) is 0 Å². The number of piperidine rings is 1. The Morgan fingerprint density at radius 2 is 2.21 bits per heavy atom. The number of hydrogen-bond donors (Lipinski definition) is 1. The van der Waals surface area contributed by atoms with Crippen molar-refractivity contribution >= 4 is 11.0 Å². The molecule has 1 aliphatic rings. The highest BCUT2D eigenvalue weighted by atomic mass is 15.2. The molecule has 102 valence electrons. The summed E-state index contributed by atoms with van der Waals surface area (Å²) in [5.74, 6) is 1.16. The van der Waals surface area contributed by atoms with Crippen LogP contribution in [0.2, 0.25) is 0 Å². The molecule has 2 aromatic rings. The number of unbranched alkanes of at least 4 members (excludes halogenated alkanes) is 1. The molecule has 3 nitrogen and oxygen atoms in total. The molecule has 2 heterocycles. The van der Waals surface area contributed by atoms with Crippen molar-refractivity contribution in [2.45, 2.75) is 45.1 Å². The number of rotatable bonds is 4. The molecule has 1 unspecified atom stereocenters. The van der Waals surface area contributed by atoms with Crippen LogP contribution in [0.5, 0.6) is 0 Å². The quantitative estimate of drug-likeness (QED) is 0.901. The number of H-pyrrole nitrogens is 1. The largest absolute Gasteiger partial charge is 0.341 e. The van der Waals surface area contributed by atoms with Gasteiger partial charge >= 0.3 is 0 Å². The van der Waals surface area contributed by atoms with Crippen molar-refractivity contribution in [3.63, 3.8) is 0 Å². The lowest BCUT2D eigenvalue weighted by Crippen LogP contribution is -2.34. The minimum absolute atomic E-state index is 0.493. The zero-order chi connectivity index (χ0) is 13.1. The van der Waals surface area contributed by atoms with Crippen LogP contribution in [-0.4, -0.2) is 28.0 Å². The van der Waals surface area contributed by atoms with E-state index in [1.807, 2.05) is 0 Å². The van der Waals surface area contributed by atoms with E-state index in [1.165, 1.54) is 50.7 Å². The first-order valence-corrected chi connectivity index (χ1v) is 7.57. The number of imidazole rings is 1. The number of nitrogens with one attached hydrogen (secondary N) is 1. The zero-order valence-corrected chi connectivity index (χ0v) is 11.7. The highest BCUT2D eigenvalue weighted by Crippen LogP contribution is 2.30. The molecule has 1 aromatic carbocycles. The lowest BCUT2D eigenvalue weighted by atomic mass is 10.0. The topological polar surface area (TPSA) is 31.9 Å². The SMILES string of the molecule is CCCCN1CCCCC1c1nc2ccccc2[nH]1. The Morgan fingerprint density at radius 3 is 3.05 bits per heavy atom. The molecule has 0 saturated carbocycles. The van der Waals surface area contributed by atoms with Gasteiger partial charge in [0.05, 0.1) is 17.1 Å². The molecular formula is C16H23N3. The van der Waals surface area contributed by atoms with Crippen LogP contribution in [-0.2, 0) is 0 Å². The van der Waals surface area contributed by atoms with Crippen LogP contribution in [0.15, 0.2) is 24.3 Å². The van der Waals surface area contributed by atoms with E-state index in [4.69, 9.17) is 4.98 Å². The van der Waals surface area contributed by atoms with Crippen LogP contribution in [0.25, 0.3) is 11.0 Å². The number of aromatic nitrogens is 2. The lowest BCUT2D eigenvalue weighted by Gasteiger charge is -2.34. The normalized spacial score (nSPS) is 21.0. The fourth-order valence-corrected chi connectivity index (χ4v) is 3.06. The molecule has 0 bridgehead atoms. The highest BCUT2D eigenvalue weighted by Gasteiger charge is 2.25. The average Bonchev–Trinajstić information content (AvgIpc) is 2.89. The van der Waals surface area contributed by atoms with Gasteiger partial charge in [0.1, 0.15) is 5.82 Å². The van der Waals surface area contributed by atoms with E-state index in [2.05, 4.69) is 41.1 Å². The number of benzene rings is 1. The second-order valence-electron chi connectivity index (χ2n) is 5.54. The summed E-state index contributed by atoms with van der Waals surface area (Å²) in [5.41, 5.74) is 2.26. The predicted octanol–water partition coefficient (Wildman–Crippen LogP) is 3.89. The standard InChI is InChI=1S/C16H23N3/c1-2-3-11-19-12-7-6-10-15(19)16-17-13-8-4-5-9-14(13)18-16/h4-5,8-9,15H,2-3,6-7,10-12H2,1H3,(H,17,18). The molecule has 1 atom stereocenters. The van der Waals surface area contributed by atoms with Crippen LogP contribution < -0.4 is 0 Å². The number of hydrogen-bond acceptors (Lipinski definition) is 2. The number of likely N-dealkylation sites (tertiary alicyclic amines) is 1. The maximum absolute atomic E-state index is 4.80. The van der Waals surface area contributed by atoms with Gasteiger partial charge in [-0.2, -0.15) is 0 Å². The van der Waals surface area contributed by atoms with Gasteiger partial charge in [-0.05, 0) is 44.5 Å². The lowest BCUT2D eigenvalue weighted by molar-refractivity contribution is 0.141. The van der Waals surface area contributed by atoms with Gasteiger partial charge in [-0.3, -0.25) is 4.90 Å². The van der Waals surface area contributed by atoms with E-state index in [-0.39, 0.29) is 0 Å². The molecule has 3 heteroatoms. The summed E-state index contributed by atoms with van der Waals surface area (Å²) in [7, 11) is 0. The van der Waals surface area contributed by atoms with Crippen LogP contribution in [0.4, 0.5) is 0 Å². The van der Waals surface area contributed by atoms with E-state index >= 15 is 0 Å². The van der Waals surface area contributed by atoms with Crippen LogP contribution in [0, 0.1) is 0 Å². The minimum atomic E-state index is 0.493. The van der Waals surface area contributed by atoms with Gasteiger partial charge in [0.15, 0.2) is 0 Å². The van der Waals surface area contributed by atoms with E-state index in [0.29, 0.717) is 6.04 Å². The van der Waals surface area contributed by atoms with Crippen LogP contribution in [0.1, 0.15) is 50.9 Å². The average molecular weight is 257 g/mol. The first kappa shape index (κ1) is 12.7. The molecule has 1 aliphatic heterocycles. The summed E-state index contributed by atoms with van der Waals surface area (Å²) in [6.45, 7) is 4.69. The summed E-state index contributed by atoms with van der Waals surface area (Å²) < 4.78 is 0. The Kier molecular flexibility index (Phi) is 3.83. The van der Waals surface area contributed by atoms with Gasteiger partial charge in [-0.1, -0.05) is 31.9 Å². The smallest absolute Gasteiger partial charge is 0.124 e. The van der Waals surface area contributed by atoms with E-state index in [1.54, 1.807) is 0 Å². The third-order valence-corrected chi connectivity index (χ3v) is 4.14. The summed E-state index contributed by atoms with van der Waals surface area (Å²) in [4.78, 5) is 10.9. The second kappa shape index (κ2) is 5.74. The third-order valence-electron chi connectivity index (χ3n) is 4.14. The van der Waals surface area contributed by atoms with Gasteiger partial charge in [-0.25, -0.2) is 4.98 Å². The third kappa shape index (κ3) is 2.66. The van der Waals surface area contributed by atoms with E-state index in [9.17, 15) is 0 Å². The molecule has 0 amide bonds. The van der Waals surface area contributed by atoms with Crippen molar-refractivity contribution in [2.75, 3.05) is 13.1 Å². The molecule has 1 fully saturated rings. The van der Waals surface area contributed by atoms with Gasteiger partial charge < -0.3 is 4.98 Å². The molecule has 19 heavy (non-hydrogen) atoms. The van der Waals surface area contributed by atoms with E-state index < -0.39 is 0 Å². The molecular weight excluding hydrogens is 234 g/mol. The summed E-state index contributed by atoms with van der Waals surface area (Å²) in [6.07, 6.45) is 6.45. The zero-order valence-electron chi connectivity index (χ0n) is 11.7. The molecule has 0 radical (unpaired) electrons. The van der Waals surface area contributed by atoms with Crippen molar-refractivity contribution in [3.05, 3.63) is 30.1 Å². The van der Waals surface area contributed by atoms with Crippen molar-refractivity contribution in [1.82, 2.24) is 14.9 Å². The highest BCUT2D eigenvalue weighted by molar-refractivity contribution is 5.74. The number of nitrogens with zero attached hydrogens (tertiary/aromatic N) is 2. The molecule has 3 rings (SSSR count). The van der Waals surface area contributed by atoms with E-state index in [0.717, 1.165) is 11.3 Å². The predicted molar refractivity (Wildman–Crippen MR) is 79.2 cm³/mol. The number of aromatic amines is 1. The summed E-state index contributed by atoms with van der Waals surface area (Å²) in [6, 6.07) is 8.83. The molecule has 0 aliphatic carbocycles. The number of para-hydroxylation sites is 2. The minimum Gasteiger partial charge on any atom is -0.341 e. The summed E-state index contributed by atoms with van der Waals surface area (Å²) >= 11 is 0. The fourth-order valence-electron chi connectivity index (χ4n) is 3.06. The monoisotopic (exact) mass is 257 g/mol. The molecule has 0 spiro atoms. The fraction of sp³-hybridized carbons (Fsp3) is 0.562. The van der Waals surface area contributed by atoms with Crippen molar-refractivity contribution in [2.24, 2.45) is 0 Å². The Hall–Kier alpha value is -1.35. The van der Waals surface area contributed by atoms with Gasteiger partial charge in [0, 0.05) is 0 Å². The maximum Gasteiger partial charge on any atom is 0.124 e. The Bertz CT molecular complexity index is 499. The molecule has 1 N–H and O–H groups in total. The Balaban J connectivity index is 1.84. The van der Waals surface area contributed by atoms with Crippen LogP contribution >= 0.6 is 0 Å². The van der Waals surface area contributed by atoms with Crippen molar-refractivity contribution in [3.8, 4) is 0 Å². The maximum atomic E-state index is 4.80. The number of fused-ring (bicyclic) bond motifs is 1. The van der Waals surface area contributed by atoms with Crippen molar-refractivity contribution in [1.29, 1.82) is 0 Å². The summed E-state index contributed by atoms with van der Waals surface area (Å²) in [5, 5.41) is 0. The van der Waals surface area contributed by atoms with Gasteiger partial charge in [0.25, 0.3) is 0 Å². The van der Waals surface area contributed by atoms with Gasteiger partial charge in [-0.15, -0.1) is 0 Å². The van der Waals surface area contributed by atoms with Crippen molar-refractivity contribution < 1.29 is 0 Å². The second-order valence-corrected chi connectivity index (χ2v) is 5.54. The Morgan fingerprint density at radius 1 is 1.32 bits per heavy atom. The first-order valence-electron chi connectivity index (χ1n) is 7.57.